The van der Waals surface area contributed by atoms with Crippen molar-refractivity contribution in [3.05, 3.63) is 120 Å². The molecular formula is C37H33N2+. The van der Waals surface area contributed by atoms with Crippen molar-refractivity contribution in [2.45, 2.75) is 33.1 Å². The molecule has 7 rings (SSSR count). The summed E-state index contributed by atoms with van der Waals surface area (Å²) < 4.78 is 90.0. The van der Waals surface area contributed by atoms with E-state index in [0.717, 1.165) is 33.2 Å². The van der Waals surface area contributed by atoms with Gasteiger partial charge < -0.3 is 4.57 Å². The third kappa shape index (κ3) is 3.59. The molecule has 0 bridgehead atoms. The lowest BCUT2D eigenvalue weighted by Gasteiger charge is -2.24. The van der Waals surface area contributed by atoms with Gasteiger partial charge in [0, 0.05) is 22.5 Å². The van der Waals surface area contributed by atoms with Crippen LogP contribution in [-0.4, -0.2) is 4.57 Å². The van der Waals surface area contributed by atoms with E-state index in [1.54, 1.807) is 23.7 Å². The summed E-state index contributed by atoms with van der Waals surface area (Å²) in [5.74, 6) is 0. The van der Waals surface area contributed by atoms with Gasteiger partial charge in [-0.1, -0.05) is 81.3 Å². The lowest BCUT2D eigenvalue weighted by Crippen LogP contribution is -2.31. The molecule has 5 aromatic carbocycles. The standard InChI is InChI=1S/C37H33N2/c1-24-27-12-6-7-13-29(27)33(37(2,3)4)23-32(24)36-28-19-18-26(22-25(28)20-21-38(36)5)39-34-16-10-8-14-30(34)31-15-9-11-17-35(31)39/h6-23H,1-5H3/q+1/i8D,9D,10D,11D,14D,15D,16D,17D,20D,21D. The fraction of sp³-hybridized carbons (Fsp3) is 0.162. The first-order chi connectivity index (χ1) is 23.0. The molecule has 0 N–H and O–H groups in total. The van der Waals surface area contributed by atoms with Crippen molar-refractivity contribution in [3.8, 4) is 16.9 Å². The Morgan fingerprint density at radius 2 is 1.36 bits per heavy atom. The normalized spacial score (nSPS) is 15.8. The van der Waals surface area contributed by atoms with Gasteiger partial charge in [-0.2, -0.15) is 0 Å². The van der Waals surface area contributed by atoms with Gasteiger partial charge in [0.25, 0.3) is 0 Å². The van der Waals surface area contributed by atoms with Crippen LogP contribution in [0.2, 0.25) is 0 Å². The van der Waals surface area contributed by atoms with Crippen LogP contribution in [-0.2, 0) is 12.5 Å². The van der Waals surface area contributed by atoms with E-state index < -0.39 is 48.3 Å². The predicted molar refractivity (Wildman–Crippen MR) is 166 cm³/mol. The SMILES string of the molecule is [2H]c1c([2H])c([2H])c2c(c1[2H])c1c([2H])c([2H])c([2H])c([2H])c1n2-c1ccc2c(-c3cc(C(C)(C)C)c4ccccc4c3C)[n+](C)c([2H])c([2H])c2c1. The van der Waals surface area contributed by atoms with Gasteiger partial charge in [0.15, 0.2) is 6.17 Å². The molecule has 0 saturated heterocycles. The van der Waals surface area contributed by atoms with Crippen molar-refractivity contribution < 1.29 is 18.3 Å². The number of rotatable bonds is 2. The maximum Gasteiger partial charge on any atom is 0.220 e. The van der Waals surface area contributed by atoms with Gasteiger partial charge in [-0.15, -0.1) is 0 Å². The van der Waals surface area contributed by atoms with Crippen LogP contribution < -0.4 is 4.57 Å². The van der Waals surface area contributed by atoms with Gasteiger partial charge in [-0.05, 0) is 76.0 Å². The van der Waals surface area contributed by atoms with E-state index in [1.165, 1.54) is 4.57 Å². The zero-order chi connectivity index (χ0) is 35.6. The molecule has 2 aromatic heterocycles. The fourth-order valence-corrected chi connectivity index (χ4v) is 5.75. The maximum atomic E-state index is 9.08. The third-order valence-electron chi connectivity index (χ3n) is 7.62. The summed E-state index contributed by atoms with van der Waals surface area (Å²) in [6.07, 6.45) is -0.0319. The first-order valence-corrected chi connectivity index (χ1v) is 13.0. The first kappa shape index (κ1) is 15.2. The highest BCUT2D eigenvalue weighted by Crippen LogP contribution is 2.39. The van der Waals surface area contributed by atoms with Gasteiger partial charge in [0.1, 0.15) is 8.42 Å². The van der Waals surface area contributed by atoms with E-state index in [4.69, 9.17) is 13.7 Å². The summed E-state index contributed by atoms with van der Waals surface area (Å²) in [5.41, 5.74) is 3.97. The number of fused-ring (bicyclic) bond motifs is 5. The van der Waals surface area contributed by atoms with Crippen molar-refractivity contribution in [1.82, 2.24) is 4.57 Å². The minimum absolute atomic E-state index is 0.00637. The fourth-order valence-electron chi connectivity index (χ4n) is 5.75. The predicted octanol–water partition coefficient (Wildman–Crippen LogP) is 9.19. The molecule has 0 saturated carbocycles. The lowest BCUT2D eigenvalue weighted by atomic mass is 9.80. The summed E-state index contributed by atoms with van der Waals surface area (Å²) in [6.45, 7) is 8.55. The summed E-state index contributed by atoms with van der Waals surface area (Å²) in [7, 11) is 1.77. The van der Waals surface area contributed by atoms with Crippen molar-refractivity contribution in [3.63, 3.8) is 0 Å². The van der Waals surface area contributed by atoms with E-state index in [1.807, 2.05) is 18.2 Å². The second-order valence-electron chi connectivity index (χ2n) is 11.0. The van der Waals surface area contributed by atoms with Gasteiger partial charge in [0.2, 0.25) is 5.69 Å². The Hall–Kier alpha value is -4.43. The van der Waals surface area contributed by atoms with Crippen molar-refractivity contribution in [2.75, 3.05) is 0 Å². The van der Waals surface area contributed by atoms with E-state index in [2.05, 4.69) is 45.9 Å². The molecule has 2 heterocycles. The van der Waals surface area contributed by atoms with E-state index in [0.29, 0.717) is 16.5 Å². The molecule has 0 unspecified atom stereocenters. The monoisotopic (exact) mass is 515 g/mol. The van der Waals surface area contributed by atoms with Crippen molar-refractivity contribution >= 4 is 43.4 Å². The Kier molecular flexibility index (Phi) is 3.34. The van der Waals surface area contributed by atoms with Crippen LogP contribution in [0.4, 0.5) is 0 Å². The Bertz CT molecular complexity index is 2540. The van der Waals surface area contributed by atoms with Gasteiger partial charge >= 0.3 is 0 Å². The molecule has 0 radical (unpaired) electrons. The van der Waals surface area contributed by atoms with Crippen LogP contribution in [0.5, 0.6) is 0 Å². The topological polar surface area (TPSA) is 8.81 Å². The average Bonchev–Trinajstić information content (AvgIpc) is 3.44. The van der Waals surface area contributed by atoms with Crippen molar-refractivity contribution in [2.24, 2.45) is 7.05 Å². The second-order valence-corrected chi connectivity index (χ2v) is 11.0. The summed E-state index contributed by atoms with van der Waals surface area (Å²) in [4.78, 5) is 0. The molecule has 0 spiro atoms. The number of benzene rings is 5. The molecule has 2 nitrogen and oxygen atoms in total. The largest absolute Gasteiger partial charge is 0.309 e. The molecule has 0 aliphatic heterocycles. The quantitative estimate of drug-likeness (QED) is 0.203. The number of para-hydroxylation sites is 2. The smallest absolute Gasteiger partial charge is 0.220 e. The summed E-state index contributed by atoms with van der Waals surface area (Å²) >= 11 is 0. The molecule has 0 aliphatic carbocycles. The van der Waals surface area contributed by atoms with Crippen LogP contribution in [0.15, 0.2) is 109 Å². The minimum Gasteiger partial charge on any atom is -0.309 e. The van der Waals surface area contributed by atoms with Gasteiger partial charge in [-0.25, -0.2) is 4.57 Å². The maximum absolute atomic E-state index is 9.08. The van der Waals surface area contributed by atoms with E-state index >= 15 is 0 Å². The molecule has 39 heavy (non-hydrogen) atoms. The second kappa shape index (κ2) is 8.54. The summed E-state index contributed by atoms with van der Waals surface area (Å²) in [6, 6.07) is 12.0. The highest BCUT2D eigenvalue weighted by molar-refractivity contribution is 6.09. The average molecular weight is 516 g/mol. The van der Waals surface area contributed by atoms with Crippen LogP contribution in [0, 0.1) is 6.92 Å². The molecule has 7 aromatic rings. The minimum atomic E-state index is -0.507. The molecule has 0 atom stereocenters. The number of aryl methyl sites for hydroxylation is 1. The van der Waals surface area contributed by atoms with E-state index in [9.17, 15) is 0 Å². The van der Waals surface area contributed by atoms with Crippen molar-refractivity contribution in [1.29, 1.82) is 0 Å². The Morgan fingerprint density at radius 3 is 2.03 bits per heavy atom. The molecule has 190 valence electrons. The molecule has 0 aliphatic rings. The zero-order valence-corrected chi connectivity index (χ0v) is 22.5. The third-order valence-corrected chi connectivity index (χ3v) is 7.62. The Labute approximate surface area is 243 Å². The molecule has 0 amide bonds. The summed E-state index contributed by atoms with van der Waals surface area (Å²) in [5, 5.41) is 3.31. The molecular weight excluding hydrogens is 472 g/mol. The number of aromatic nitrogens is 2. The van der Waals surface area contributed by atoms with Crippen LogP contribution in [0.1, 0.15) is 45.6 Å². The number of pyridine rings is 1. The number of hydrogen-bond donors (Lipinski definition) is 0. The van der Waals surface area contributed by atoms with Crippen LogP contribution in [0.25, 0.3) is 60.3 Å². The van der Waals surface area contributed by atoms with Crippen LogP contribution in [0.3, 0.4) is 0 Å². The Balaban J connectivity index is 1.64. The highest BCUT2D eigenvalue weighted by atomic mass is 15.0. The zero-order valence-electron chi connectivity index (χ0n) is 32.5. The first-order valence-electron chi connectivity index (χ1n) is 18.0. The Morgan fingerprint density at radius 1 is 0.718 bits per heavy atom. The van der Waals surface area contributed by atoms with Gasteiger partial charge in [-0.3, -0.25) is 0 Å². The number of hydrogen-bond acceptors (Lipinski definition) is 0. The van der Waals surface area contributed by atoms with E-state index in [-0.39, 0.29) is 39.4 Å². The van der Waals surface area contributed by atoms with Gasteiger partial charge in [0.05, 0.1) is 34.3 Å². The van der Waals surface area contributed by atoms with Crippen LogP contribution >= 0.6 is 0 Å². The lowest BCUT2D eigenvalue weighted by molar-refractivity contribution is -0.659. The molecule has 2 heteroatoms. The highest BCUT2D eigenvalue weighted by Gasteiger charge is 2.25. The molecule has 0 fully saturated rings. The number of nitrogens with zero attached hydrogens (tertiary/aromatic N) is 2.